The summed E-state index contributed by atoms with van der Waals surface area (Å²) in [6, 6.07) is 30.3. The van der Waals surface area contributed by atoms with E-state index in [4.69, 9.17) is 5.73 Å². The van der Waals surface area contributed by atoms with Crippen LogP contribution < -0.4 is 21.7 Å². The summed E-state index contributed by atoms with van der Waals surface area (Å²) < 4.78 is 0. The van der Waals surface area contributed by atoms with Crippen molar-refractivity contribution in [1.29, 1.82) is 0 Å². The number of aromatic nitrogens is 3. The molecule has 8 nitrogen and oxygen atoms in total. The fourth-order valence-electron chi connectivity index (χ4n) is 5.38. The summed E-state index contributed by atoms with van der Waals surface area (Å²) in [6.45, 7) is 14.0. The molecule has 45 heavy (non-hydrogen) atoms. The molecule has 0 aliphatic heterocycles. The molecule has 8 heteroatoms. The Morgan fingerprint density at radius 1 is 0.667 bits per heavy atom. The highest BCUT2D eigenvalue weighted by Crippen LogP contribution is 2.24. The first-order chi connectivity index (χ1) is 21.5. The number of nitrogens with zero attached hydrogens (tertiary/aromatic N) is 3. The summed E-state index contributed by atoms with van der Waals surface area (Å²) in [7, 11) is 0. The smallest absolute Gasteiger partial charge is 0.143 e. The molecule has 6 N–H and O–H groups in total. The van der Waals surface area contributed by atoms with Gasteiger partial charge in [-0.15, -0.1) is 15.0 Å². The topological polar surface area (TPSA) is 113 Å². The Balaban J connectivity index is 0.000000276. The Labute approximate surface area is 268 Å². The molecule has 0 aliphatic rings. The van der Waals surface area contributed by atoms with E-state index in [-0.39, 0.29) is 5.75 Å². The molecule has 0 aliphatic carbocycles. The van der Waals surface area contributed by atoms with E-state index >= 15 is 0 Å². The number of rotatable bonds is 12. The van der Waals surface area contributed by atoms with Crippen molar-refractivity contribution in [3.63, 3.8) is 0 Å². The van der Waals surface area contributed by atoms with Gasteiger partial charge in [0.2, 0.25) is 0 Å². The number of aromatic hydroxyl groups is 1. The van der Waals surface area contributed by atoms with Crippen LogP contribution in [0.3, 0.4) is 0 Å². The highest BCUT2D eigenvalue weighted by atomic mass is 16.3. The van der Waals surface area contributed by atoms with Crippen molar-refractivity contribution in [3.8, 4) is 11.4 Å². The van der Waals surface area contributed by atoms with Crippen LogP contribution in [0.5, 0.6) is 5.75 Å². The highest BCUT2D eigenvalue weighted by Gasteiger charge is 2.10. The normalized spacial score (nSPS) is 12.4. The van der Waals surface area contributed by atoms with E-state index < -0.39 is 0 Å². The quantitative estimate of drug-likeness (QED) is 0.0902. The first-order valence-electron chi connectivity index (χ1n) is 15.9. The van der Waals surface area contributed by atoms with E-state index in [0.29, 0.717) is 30.2 Å². The minimum absolute atomic E-state index is 0.148. The monoisotopic (exact) mass is 607 g/mol. The second-order valence-electron chi connectivity index (χ2n) is 12.7. The minimum Gasteiger partial charge on any atom is -0.506 e. The van der Waals surface area contributed by atoms with E-state index in [1.165, 1.54) is 11.2 Å². The third-order valence-corrected chi connectivity index (χ3v) is 7.31. The van der Waals surface area contributed by atoms with Crippen molar-refractivity contribution >= 4 is 33.8 Å². The summed E-state index contributed by atoms with van der Waals surface area (Å²) in [6.07, 6.45) is 2.33. The molecule has 0 bridgehead atoms. The number of anilines is 4. The molecule has 5 rings (SSSR count). The van der Waals surface area contributed by atoms with Crippen molar-refractivity contribution in [2.24, 2.45) is 11.8 Å². The number of nitrogens with one attached hydrogen (secondary N) is 3. The van der Waals surface area contributed by atoms with Gasteiger partial charge in [-0.2, -0.15) is 0 Å². The molecule has 4 aromatic carbocycles. The van der Waals surface area contributed by atoms with Crippen LogP contribution in [0.4, 0.5) is 22.7 Å². The zero-order valence-corrected chi connectivity index (χ0v) is 27.5. The number of benzene rings is 4. The van der Waals surface area contributed by atoms with Crippen molar-refractivity contribution in [1.82, 2.24) is 15.0 Å². The van der Waals surface area contributed by atoms with Crippen LogP contribution in [0.2, 0.25) is 0 Å². The molecule has 0 radical (unpaired) electrons. The van der Waals surface area contributed by atoms with Crippen molar-refractivity contribution in [2.75, 3.05) is 21.7 Å². The number of phenols is 1. The van der Waals surface area contributed by atoms with Crippen LogP contribution in [0, 0.1) is 11.8 Å². The summed E-state index contributed by atoms with van der Waals surface area (Å²) >= 11 is 0. The SMILES string of the molecule is CC(C)CC(C)Nc1ccc(N)cc1.CC(C)CC(C)Nc1ccc(NCc2ccc(O)c(-n3nc4ccccc4n3)c2)cc1. The van der Waals surface area contributed by atoms with Gasteiger partial charge in [0.25, 0.3) is 0 Å². The Morgan fingerprint density at radius 2 is 1.16 bits per heavy atom. The summed E-state index contributed by atoms with van der Waals surface area (Å²) in [4.78, 5) is 1.49. The first-order valence-corrected chi connectivity index (χ1v) is 15.9. The van der Waals surface area contributed by atoms with Gasteiger partial charge in [0.15, 0.2) is 0 Å². The Morgan fingerprint density at radius 3 is 1.67 bits per heavy atom. The van der Waals surface area contributed by atoms with Crippen LogP contribution in [-0.4, -0.2) is 32.2 Å². The van der Waals surface area contributed by atoms with Gasteiger partial charge >= 0.3 is 0 Å². The molecular weight excluding hydrogens is 558 g/mol. The maximum absolute atomic E-state index is 10.3. The lowest BCUT2D eigenvalue weighted by atomic mass is 10.1. The maximum Gasteiger partial charge on any atom is 0.143 e. The van der Waals surface area contributed by atoms with Crippen LogP contribution in [-0.2, 0) is 6.54 Å². The molecule has 2 unspecified atom stereocenters. The van der Waals surface area contributed by atoms with Gasteiger partial charge in [-0.25, -0.2) is 0 Å². The number of nitrogens with two attached hydrogens (primary N) is 1. The van der Waals surface area contributed by atoms with E-state index in [2.05, 4.69) is 92.0 Å². The minimum atomic E-state index is 0.148. The molecular formula is C37H49N7O. The predicted octanol–water partition coefficient (Wildman–Crippen LogP) is 8.70. The molecule has 5 aromatic rings. The molecule has 2 atom stereocenters. The third-order valence-electron chi connectivity index (χ3n) is 7.31. The number of fused-ring (bicyclic) bond motifs is 1. The van der Waals surface area contributed by atoms with Gasteiger partial charge < -0.3 is 26.8 Å². The van der Waals surface area contributed by atoms with Gasteiger partial charge in [-0.05, 0) is 117 Å². The van der Waals surface area contributed by atoms with Gasteiger partial charge in [0.05, 0.1) is 0 Å². The molecule has 0 amide bonds. The molecule has 0 saturated heterocycles. The summed E-state index contributed by atoms with van der Waals surface area (Å²) in [5.74, 6) is 1.55. The largest absolute Gasteiger partial charge is 0.506 e. The maximum atomic E-state index is 10.3. The Kier molecular flexibility index (Phi) is 11.7. The average molecular weight is 608 g/mol. The second-order valence-corrected chi connectivity index (χ2v) is 12.7. The number of nitrogen functional groups attached to an aromatic ring is 1. The Bertz CT molecular complexity index is 1580. The van der Waals surface area contributed by atoms with Gasteiger partial charge in [-0.3, -0.25) is 0 Å². The third kappa shape index (κ3) is 10.4. The standard InChI is InChI=1S/C25H29N5O.C12H20N2/c1-17(2)14-18(3)27-21-11-9-20(10-12-21)26-16-19-8-13-25(31)24(15-19)30-28-22-6-4-5-7-23(22)29-30;1-9(2)8-10(3)14-12-6-4-11(13)5-7-12/h4-13,15,17-18,26-27,31H,14,16H2,1-3H3;4-7,9-10,14H,8,13H2,1-3H3. The Hall–Kier alpha value is -4.72. The fourth-order valence-corrected chi connectivity index (χ4v) is 5.38. The van der Waals surface area contributed by atoms with Crippen molar-refractivity contribution in [3.05, 3.63) is 96.6 Å². The van der Waals surface area contributed by atoms with Crippen LogP contribution >= 0.6 is 0 Å². The lowest BCUT2D eigenvalue weighted by Crippen LogP contribution is -2.17. The van der Waals surface area contributed by atoms with Crippen molar-refractivity contribution < 1.29 is 5.11 Å². The number of hydrogen-bond donors (Lipinski definition) is 5. The van der Waals surface area contributed by atoms with Gasteiger partial charge in [-0.1, -0.05) is 45.9 Å². The van der Waals surface area contributed by atoms with E-state index in [1.807, 2.05) is 60.7 Å². The zero-order chi connectivity index (χ0) is 32.3. The van der Waals surface area contributed by atoms with E-state index in [9.17, 15) is 5.11 Å². The summed E-state index contributed by atoms with van der Waals surface area (Å²) in [5.41, 5.74) is 12.9. The lowest BCUT2D eigenvalue weighted by molar-refractivity contribution is 0.467. The molecule has 0 spiro atoms. The molecule has 1 heterocycles. The highest BCUT2D eigenvalue weighted by molar-refractivity contribution is 5.73. The van der Waals surface area contributed by atoms with Crippen LogP contribution in [0.15, 0.2) is 91.0 Å². The zero-order valence-electron chi connectivity index (χ0n) is 27.5. The van der Waals surface area contributed by atoms with Gasteiger partial charge in [0, 0.05) is 41.4 Å². The number of hydrogen-bond acceptors (Lipinski definition) is 7. The first kappa shape index (κ1) is 33.2. The van der Waals surface area contributed by atoms with Crippen molar-refractivity contribution in [2.45, 2.75) is 73.0 Å². The fraction of sp³-hybridized carbons (Fsp3) is 0.351. The average Bonchev–Trinajstić information content (AvgIpc) is 3.42. The molecule has 0 fully saturated rings. The van der Waals surface area contributed by atoms with Crippen LogP contribution in [0.1, 0.15) is 59.9 Å². The second kappa shape index (κ2) is 15.8. The lowest BCUT2D eigenvalue weighted by Gasteiger charge is -2.17. The molecule has 238 valence electrons. The van der Waals surface area contributed by atoms with Crippen LogP contribution in [0.25, 0.3) is 16.7 Å². The number of phenolic OH excluding ortho intramolecular Hbond substituents is 1. The summed E-state index contributed by atoms with van der Waals surface area (Å²) in [5, 5.41) is 29.7. The van der Waals surface area contributed by atoms with E-state index in [1.54, 1.807) is 6.07 Å². The van der Waals surface area contributed by atoms with Gasteiger partial charge in [0.1, 0.15) is 22.5 Å². The molecule has 0 saturated carbocycles. The molecule has 1 aromatic heterocycles. The van der Waals surface area contributed by atoms with E-state index in [0.717, 1.165) is 51.7 Å². The predicted molar refractivity (Wildman–Crippen MR) is 190 cm³/mol.